The highest BCUT2D eigenvalue weighted by Crippen LogP contribution is 2.32. The standard InChI is InChI=1S/C20H31N3O3/c1-15(24)21-16-7-9-17(10-8-16)22(6)20(5)11-13-23(14-12-20)18(25)26-19(2,3)4/h7-10H,11-14H2,1-6H3,(H,21,24). The van der Waals surface area contributed by atoms with Crippen molar-refractivity contribution < 1.29 is 14.3 Å². The zero-order valence-corrected chi connectivity index (χ0v) is 16.8. The maximum absolute atomic E-state index is 12.2. The number of likely N-dealkylation sites (tertiary alicyclic amines) is 1. The maximum Gasteiger partial charge on any atom is 0.410 e. The van der Waals surface area contributed by atoms with Crippen molar-refractivity contribution >= 4 is 23.4 Å². The first kappa shape index (κ1) is 20.1. The van der Waals surface area contributed by atoms with E-state index < -0.39 is 5.60 Å². The minimum atomic E-state index is -0.468. The van der Waals surface area contributed by atoms with Crippen molar-refractivity contribution in [3.05, 3.63) is 24.3 Å². The molecule has 1 fully saturated rings. The van der Waals surface area contributed by atoms with Crippen LogP contribution in [-0.2, 0) is 9.53 Å². The summed E-state index contributed by atoms with van der Waals surface area (Å²) in [6, 6.07) is 7.84. The van der Waals surface area contributed by atoms with Gasteiger partial charge >= 0.3 is 6.09 Å². The second-order valence-electron chi connectivity index (χ2n) is 8.25. The van der Waals surface area contributed by atoms with Crippen molar-refractivity contribution in [2.75, 3.05) is 30.4 Å². The van der Waals surface area contributed by atoms with E-state index in [2.05, 4.69) is 24.2 Å². The van der Waals surface area contributed by atoms with Gasteiger partial charge in [0.1, 0.15) is 5.60 Å². The van der Waals surface area contributed by atoms with Gasteiger partial charge in [-0.05, 0) is 64.8 Å². The number of nitrogens with one attached hydrogen (secondary N) is 1. The van der Waals surface area contributed by atoms with E-state index in [9.17, 15) is 9.59 Å². The lowest BCUT2D eigenvalue weighted by molar-refractivity contribution is -0.114. The van der Waals surface area contributed by atoms with Crippen LogP contribution in [0.2, 0.25) is 0 Å². The maximum atomic E-state index is 12.2. The summed E-state index contributed by atoms with van der Waals surface area (Å²) in [6.07, 6.45) is 1.51. The van der Waals surface area contributed by atoms with E-state index in [1.807, 2.05) is 45.0 Å². The van der Waals surface area contributed by atoms with Crippen LogP contribution in [0.5, 0.6) is 0 Å². The molecule has 1 aromatic carbocycles. The van der Waals surface area contributed by atoms with Crippen LogP contribution in [0.1, 0.15) is 47.5 Å². The number of carbonyl (C=O) groups is 2. The highest BCUT2D eigenvalue weighted by atomic mass is 16.6. The van der Waals surface area contributed by atoms with Gasteiger partial charge in [0, 0.05) is 44.0 Å². The smallest absolute Gasteiger partial charge is 0.410 e. The van der Waals surface area contributed by atoms with Gasteiger partial charge in [-0.15, -0.1) is 0 Å². The molecule has 1 aliphatic heterocycles. The fraction of sp³-hybridized carbons (Fsp3) is 0.600. The van der Waals surface area contributed by atoms with Crippen LogP contribution in [0, 0.1) is 0 Å². The average molecular weight is 361 g/mol. The van der Waals surface area contributed by atoms with E-state index >= 15 is 0 Å². The molecule has 1 saturated heterocycles. The van der Waals surface area contributed by atoms with E-state index in [1.165, 1.54) is 6.92 Å². The minimum absolute atomic E-state index is 0.0337. The molecule has 6 nitrogen and oxygen atoms in total. The molecule has 1 aromatic rings. The summed E-state index contributed by atoms with van der Waals surface area (Å²) >= 11 is 0. The highest BCUT2D eigenvalue weighted by Gasteiger charge is 2.36. The molecule has 26 heavy (non-hydrogen) atoms. The van der Waals surface area contributed by atoms with Gasteiger partial charge in [-0.3, -0.25) is 4.79 Å². The topological polar surface area (TPSA) is 61.9 Å². The molecule has 0 radical (unpaired) electrons. The Bertz CT molecular complexity index is 641. The summed E-state index contributed by atoms with van der Waals surface area (Å²) in [7, 11) is 2.08. The molecule has 1 N–H and O–H groups in total. The van der Waals surface area contributed by atoms with Gasteiger partial charge in [-0.2, -0.15) is 0 Å². The van der Waals surface area contributed by atoms with Crippen molar-refractivity contribution in [3.63, 3.8) is 0 Å². The van der Waals surface area contributed by atoms with Crippen molar-refractivity contribution in [3.8, 4) is 0 Å². The summed E-state index contributed by atoms with van der Waals surface area (Å²) in [4.78, 5) is 27.4. The number of anilines is 2. The van der Waals surface area contributed by atoms with Gasteiger partial charge in [0.15, 0.2) is 0 Å². The fourth-order valence-electron chi connectivity index (χ4n) is 3.12. The number of rotatable bonds is 3. The number of amides is 2. The van der Waals surface area contributed by atoms with Crippen molar-refractivity contribution in [2.24, 2.45) is 0 Å². The molecule has 1 aliphatic rings. The molecule has 0 bridgehead atoms. The Hall–Kier alpha value is -2.24. The lowest BCUT2D eigenvalue weighted by Gasteiger charge is -2.46. The Kier molecular flexibility index (Phi) is 5.84. The van der Waals surface area contributed by atoms with Gasteiger partial charge in [-0.25, -0.2) is 4.79 Å². The quantitative estimate of drug-likeness (QED) is 0.888. The van der Waals surface area contributed by atoms with Gasteiger partial charge in [-0.1, -0.05) is 0 Å². The molecular formula is C20H31N3O3. The molecule has 0 atom stereocenters. The van der Waals surface area contributed by atoms with Crippen LogP contribution in [0.25, 0.3) is 0 Å². The summed E-state index contributed by atoms with van der Waals surface area (Å²) in [5, 5.41) is 2.78. The van der Waals surface area contributed by atoms with Crippen molar-refractivity contribution in [1.82, 2.24) is 4.90 Å². The summed E-state index contributed by atoms with van der Waals surface area (Å²) in [5.74, 6) is -0.0763. The Morgan fingerprint density at radius 1 is 1.15 bits per heavy atom. The summed E-state index contributed by atoms with van der Waals surface area (Å²) in [6.45, 7) is 10.7. The lowest BCUT2D eigenvalue weighted by Crippen LogP contribution is -2.54. The van der Waals surface area contributed by atoms with Crippen molar-refractivity contribution in [2.45, 2.75) is 58.6 Å². The third kappa shape index (κ3) is 5.13. The number of hydrogen-bond donors (Lipinski definition) is 1. The fourth-order valence-corrected chi connectivity index (χ4v) is 3.12. The molecule has 2 rings (SSSR count). The van der Waals surface area contributed by atoms with Crippen LogP contribution >= 0.6 is 0 Å². The normalized spacial score (nSPS) is 16.8. The second kappa shape index (κ2) is 7.56. The Balaban J connectivity index is 1.99. The zero-order chi connectivity index (χ0) is 19.5. The first-order chi connectivity index (χ1) is 12.0. The Morgan fingerprint density at radius 3 is 2.15 bits per heavy atom. The zero-order valence-electron chi connectivity index (χ0n) is 16.8. The SMILES string of the molecule is CC(=O)Nc1ccc(N(C)C2(C)CCN(C(=O)OC(C)(C)C)CC2)cc1. The van der Waals surface area contributed by atoms with E-state index in [0.29, 0.717) is 13.1 Å². The number of nitrogens with zero attached hydrogens (tertiary/aromatic N) is 2. The molecule has 6 heteroatoms. The third-order valence-corrected chi connectivity index (χ3v) is 4.88. The van der Waals surface area contributed by atoms with Gasteiger partial charge < -0.3 is 19.9 Å². The van der Waals surface area contributed by atoms with Gasteiger partial charge in [0.2, 0.25) is 5.91 Å². The molecule has 2 amide bonds. The third-order valence-electron chi connectivity index (χ3n) is 4.88. The molecule has 0 spiro atoms. The minimum Gasteiger partial charge on any atom is -0.444 e. The first-order valence-electron chi connectivity index (χ1n) is 9.10. The lowest BCUT2D eigenvalue weighted by atomic mass is 9.87. The predicted octanol–water partition coefficient (Wildman–Crippen LogP) is 3.87. The molecule has 0 aliphatic carbocycles. The molecule has 0 aromatic heterocycles. The Labute approximate surface area is 156 Å². The Morgan fingerprint density at radius 2 is 1.69 bits per heavy atom. The summed E-state index contributed by atoms with van der Waals surface area (Å²) in [5.41, 5.74) is 1.38. The van der Waals surface area contributed by atoms with E-state index in [1.54, 1.807) is 4.90 Å². The van der Waals surface area contributed by atoms with Gasteiger partial charge in [0.05, 0.1) is 0 Å². The van der Waals surface area contributed by atoms with Crippen LogP contribution in [0.15, 0.2) is 24.3 Å². The highest BCUT2D eigenvalue weighted by molar-refractivity contribution is 5.88. The molecule has 144 valence electrons. The predicted molar refractivity (Wildman–Crippen MR) is 105 cm³/mol. The van der Waals surface area contributed by atoms with Crippen molar-refractivity contribution in [1.29, 1.82) is 0 Å². The number of piperidine rings is 1. The number of carbonyl (C=O) groups excluding carboxylic acids is 2. The molecule has 1 heterocycles. The summed E-state index contributed by atoms with van der Waals surface area (Å²) < 4.78 is 5.47. The average Bonchev–Trinajstić information content (AvgIpc) is 2.53. The number of benzene rings is 1. The van der Waals surface area contributed by atoms with E-state index in [-0.39, 0.29) is 17.5 Å². The number of hydrogen-bond acceptors (Lipinski definition) is 4. The molecule has 0 unspecified atom stereocenters. The van der Waals surface area contributed by atoms with Gasteiger partial charge in [0.25, 0.3) is 0 Å². The molecule has 0 saturated carbocycles. The second-order valence-corrected chi connectivity index (χ2v) is 8.25. The monoisotopic (exact) mass is 361 g/mol. The van der Waals surface area contributed by atoms with E-state index in [4.69, 9.17) is 4.74 Å². The van der Waals surface area contributed by atoms with E-state index in [0.717, 1.165) is 24.2 Å². The molecular weight excluding hydrogens is 330 g/mol. The largest absolute Gasteiger partial charge is 0.444 e. The number of ether oxygens (including phenoxy) is 1. The van der Waals surface area contributed by atoms with Crippen LogP contribution in [-0.4, -0.2) is 48.2 Å². The van der Waals surface area contributed by atoms with Crippen LogP contribution in [0.4, 0.5) is 16.2 Å². The van der Waals surface area contributed by atoms with Crippen LogP contribution in [0.3, 0.4) is 0 Å². The first-order valence-corrected chi connectivity index (χ1v) is 9.10. The van der Waals surface area contributed by atoms with Crippen LogP contribution < -0.4 is 10.2 Å².